The summed E-state index contributed by atoms with van der Waals surface area (Å²) in [6.45, 7) is 7.92. The van der Waals surface area contributed by atoms with Crippen molar-refractivity contribution in [3.8, 4) is 5.75 Å². The summed E-state index contributed by atoms with van der Waals surface area (Å²) in [5.74, 6) is 1.82. The van der Waals surface area contributed by atoms with Crippen molar-refractivity contribution in [2.24, 2.45) is 0 Å². The van der Waals surface area contributed by atoms with Gasteiger partial charge in [-0.3, -0.25) is 0 Å². The van der Waals surface area contributed by atoms with Crippen molar-refractivity contribution < 1.29 is 13.6 Å². The Balaban J connectivity index is 1.52. The van der Waals surface area contributed by atoms with E-state index < -0.39 is 0 Å². The lowest BCUT2D eigenvalue weighted by atomic mass is 10.0. The average molecular weight is 397 g/mol. The zero-order chi connectivity index (χ0) is 20.8. The molecule has 4 rings (SSSR count). The number of pyridine rings is 1. The van der Waals surface area contributed by atoms with Crippen LogP contribution >= 0.6 is 0 Å². The van der Waals surface area contributed by atoms with Crippen LogP contribution in [0.2, 0.25) is 0 Å². The molecule has 0 radical (unpaired) electrons. The molecule has 3 aromatic heterocycles. The Morgan fingerprint density at radius 2 is 1.87 bits per heavy atom. The van der Waals surface area contributed by atoms with Crippen molar-refractivity contribution in [2.75, 3.05) is 0 Å². The predicted molar refractivity (Wildman–Crippen MR) is 115 cm³/mol. The van der Waals surface area contributed by atoms with Crippen LogP contribution in [0.15, 0.2) is 83.2 Å². The summed E-state index contributed by atoms with van der Waals surface area (Å²) < 4.78 is 16.7. The van der Waals surface area contributed by atoms with Crippen LogP contribution in [0.3, 0.4) is 0 Å². The molecule has 0 amide bonds. The smallest absolute Gasteiger partial charge is 0.248 e. The lowest BCUT2D eigenvalue weighted by Gasteiger charge is -2.09. The van der Waals surface area contributed by atoms with E-state index in [9.17, 15) is 0 Å². The van der Waals surface area contributed by atoms with Crippen molar-refractivity contribution in [3.63, 3.8) is 0 Å². The van der Waals surface area contributed by atoms with E-state index in [0.717, 1.165) is 33.8 Å². The highest BCUT2D eigenvalue weighted by Crippen LogP contribution is 2.26. The first-order chi connectivity index (χ1) is 14.8. The topological polar surface area (TPSA) is 74.2 Å². The summed E-state index contributed by atoms with van der Waals surface area (Å²) in [6, 6.07) is 15.2. The van der Waals surface area contributed by atoms with E-state index in [1.807, 2.05) is 54.6 Å². The summed E-state index contributed by atoms with van der Waals surface area (Å²) in [6.07, 6.45) is 8.22. The minimum Gasteiger partial charge on any atom is -0.487 e. The van der Waals surface area contributed by atoms with Crippen molar-refractivity contribution in [1.82, 2.24) is 15.2 Å². The van der Waals surface area contributed by atoms with E-state index >= 15 is 0 Å². The molecule has 3 heterocycles. The summed E-state index contributed by atoms with van der Waals surface area (Å²) >= 11 is 0. The molecular formula is C24H19N3O3. The number of benzene rings is 1. The Morgan fingerprint density at radius 1 is 1.00 bits per heavy atom. The van der Waals surface area contributed by atoms with Gasteiger partial charge in [0.05, 0.1) is 17.7 Å². The number of rotatable bonds is 8. The number of nitrogens with zero attached hydrogens (tertiary/aromatic N) is 3. The number of furan rings is 1. The van der Waals surface area contributed by atoms with Crippen LogP contribution in [0.25, 0.3) is 23.8 Å². The molecule has 1 aromatic carbocycles. The van der Waals surface area contributed by atoms with E-state index in [0.29, 0.717) is 18.3 Å². The highest BCUT2D eigenvalue weighted by Gasteiger charge is 2.12. The molecule has 148 valence electrons. The predicted octanol–water partition coefficient (Wildman–Crippen LogP) is 5.51. The maximum Gasteiger partial charge on any atom is 0.248 e. The molecule has 0 saturated carbocycles. The van der Waals surface area contributed by atoms with Gasteiger partial charge in [-0.25, -0.2) is 4.98 Å². The van der Waals surface area contributed by atoms with Crippen LogP contribution < -0.4 is 4.74 Å². The van der Waals surface area contributed by atoms with Gasteiger partial charge in [-0.05, 0) is 53.6 Å². The molecule has 0 bridgehead atoms. The summed E-state index contributed by atoms with van der Waals surface area (Å²) in [4.78, 5) is 4.54. The Hall–Kier alpha value is -4.19. The standard InChI is InChI=1S/C24H19N3O3/c1-3-17-7-10-19(26-23(17)4-2)15-29-20-11-8-18(9-12-20)22(24-27-25-16-30-24)14-21-6-5-13-28-21/h3-14,16H,1-2,15H2/b22-14+. The van der Waals surface area contributed by atoms with Gasteiger partial charge in [0, 0.05) is 5.57 Å². The van der Waals surface area contributed by atoms with Gasteiger partial charge in [-0.15, -0.1) is 10.2 Å². The van der Waals surface area contributed by atoms with Gasteiger partial charge < -0.3 is 13.6 Å². The van der Waals surface area contributed by atoms with E-state index in [2.05, 4.69) is 28.3 Å². The fraction of sp³-hybridized carbons (Fsp3) is 0.0417. The maximum atomic E-state index is 5.88. The van der Waals surface area contributed by atoms with Gasteiger partial charge >= 0.3 is 0 Å². The van der Waals surface area contributed by atoms with Gasteiger partial charge in [-0.2, -0.15) is 0 Å². The molecule has 0 unspecified atom stereocenters. The van der Waals surface area contributed by atoms with Crippen molar-refractivity contribution >= 4 is 23.8 Å². The van der Waals surface area contributed by atoms with E-state index in [1.54, 1.807) is 18.4 Å². The van der Waals surface area contributed by atoms with Gasteiger partial charge in [-0.1, -0.05) is 37.4 Å². The average Bonchev–Trinajstić information content (AvgIpc) is 3.50. The van der Waals surface area contributed by atoms with E-state index in [4.69, 9.17) is 13.6 Å². The second kappa shape index (κ2) is 8.87. The molecule has 0 aliphatic heterocycles. The summed E-state index contributed by atoms with van der Waals surface area (Å²) in [7, 11) is 0. The van der Waals surface area contributed by atoms with Crippen LogP contribution in [0, 0.1) is 0 Å². The molecule has 0 saturated heterocycles. The molecule has 0 N–H and O–H groups in total. The number of ether oxygens (including phenoxy) is 1. The van der Waals surface area contributed by atoms with Crippen molar-refractivity contribution in [2.45, 2.75) is 6.61 Å². The van der Waals surface area contributed by atoms with Crippen LogP contribution in [0.1, 0.15) is 34.2 Å². The first-order valence-electron chi connectivity index (χ1n) is 9.26. The molecule has 0 fully saturated rings. The van der Waals surface area contributed by atoms with Crippen molar-refractivity contribution in [1.29, 1.82) is 0 Å². The minimum atomic E-state index is 0.344. The highest BCUT2D eigenvalue weighted by atomic mass is 16.5. The van der Waals surface area contributed by atoms with E-state index in [1.165, 1.54) is 6.39 Å². The Bertz CT molecular complexity index is 1160. The Labute approximate surface area is 173 Å². The van der Waals surface area contributed by atoms with Crippen molar-refractivity contribution in [3.05, 3.63) is 109 Å². The van der Waals surface area contributed by atoms with E-state index in [-0.39, 0.29) is 0 Å². The molecule has 0 spiro atoms. The number of hydrogen-bond donors (Lipinski definition) is 0. The highest BCUT2D eigenvalue weighted by molar-refractivity contribution is 5.87. The van der Waals surface area contributed by atoms with Gasteiger partial charge in [0.1, 0.15) is 18.1 Å². The van der Waals surface area contributed by atoms with Gasteiger partial charge in [0.2, 0.25) is 12.3 Å². The lowest BCUT2D eigenvalue weighted by molar-refractivity contribution is 0.301. The monoisotopic (exact) mass is 397 g/mol. The quantitative estimate of drug-likeness (QED) is 0.390. The van der Waals surface area contributed by atoms with Crippen LogP contribution in [0.5, 0.6) is 5.75 Å². The normalized spacial score (nSPS) is 11.3. The second-order valence-electron chi connectivity index (χ2n) is 6.32. The third kappa shape index (κ3) is 4.28. The van der Waals surface area contributed by atoms with Gasteiger partial charge in [0.25, 0.3) is 0 Å². The molecule has 4 aromatic rings. The molecular weight excluding hydrogens is 378 g/mol. The third-order valence-corrected chi connectivity index (χ3v) is 4.40. The summed E-state index contributed by atoms with van der Waals surface area (Å²) in [5, 5.41) is 7.79. The molecule has 6 nitrogen and oxygen atoms in total. The Kier molecular flexibility index (Phi) is 5.66. The summed E-state index contributed by atoms with van der Waals surface area (Å²) in [5.41, 5.74) is 4.18. The SMILES string of the molecule is C=Cc1ccc(COc2ccc(/C(=C\c3ccco3)c3nnco3)cc2)nc1C=C. The molecule has 0 aliphatic rings. The molecule has 6 heteroatoms. The fourth-order valence-corrected chi connectivity index (χ4v) is 2.91. The van der Waals surface area contributed by atoms with Crippen LogP contribution in [0.4, 0.5) is 0 Å². The fourth-order valence-electron chi connectivity index (χ4n) is 2.91. The van der Waals surface area contributed by atoms with Gasteiger partial charge in [0.15, 0.2) is 0 Å². The largest absolute Gasteiger partial charge is 0.487 e. The zero-order valence-electron chi connectivity index (χ0n) is 16.2. The first kappa shape index (κ1) is 19.1. The molecule has 0 aliphatic carbocycles. The number of aromatic nitrogens is 3. The zero-order valence-corrected chi connectivity index (χ0v) is 16.2. The lowest BCUT2D eigenvalue weighted by Crippen LogP contribution is -2.00. The Morgan fingerprint density at radius 3 is 2.53 bits per heavy atom. The molecule has 30 heavy (non-hydrogen) atoms. The minimum absolute atomic E-state index is 0.344. The second-order valence-corrected chi connectivity index (χ2v) is 6.32. The third-order valence-electron chi connectivity index (χ3n) is 4.40. The van der Waals surface area contributed by atoms with Crippen LogP contribution in [-0.2, 0) is 6.61 Å². The number of hydrogen-bond acceptors (Lipinski definition) is 6. The first-order valence-corrected chi connectivity index (χ1v) is 9.26. The molecule has 0 atom stereocenters. The van der Waals surface area contributed by atoms with Crippen LogP contribution in [-0.4, -0.2) is 15.2 Å². The maximum absolute atomic E-state index is 5.88.